The molecule has 3 aliphatic heterocycles. The minimum Gasteiger partial charge on any atom is -0.465 e. The molecule has 0 radical (unpaired) electrons. The molecule has 0 N–H and O–H groups in total. The van der Waals surface area contributed by atoms with Crippen LogP contribution in [0.3, 0.4) is 0 Å². The Bertz CT molecular complexity index is 900. The van der Waals surface area contributed by atoms with Gasteiger partial charge in [-0.3, -0.25) is 4.79 Å². The van der Waals surface area contributed by atoms with Gasteiger partial charge in [-0.15, -0.1) is 0 Å². The highest BCUT2D eigenvalue weighted by atomic mass is 16.7. The van der Waals surface area contributed by atoms with E-state index in [0.717, 1.165) is 61.2 Å². The molecule has 3 heterocycles. The van der Waals surface area contributed by atoms with Gasteiger partial charge in [0.15, 0.2) is 5.79 Å². The van der Waals surface area contributed by atoms with Crippen LogP contribution in [0, 0.1) is 0 Å². The Morgan fingerprint density at radius 3 is 2.42 bits per heavy atom. The van der Waals surface area contributed by atoms with Crippen LogP contribution in [0.4, 0.5) is 0 Å². The summed E-state index contributed by atoms with van der Waals surface area (Å²) in [7, 11) is 1.95. The second-order valence-corrected chi connectivity index (χ2v) is 9.63. The number of benzene rings is 1. The lowest BCUT2D eigenvalue weighted by Gasteiger charge is -2.47. The maximum absolute atomic E-state index is 13.2. The van der Waals surface area contributed by atoms with Crippen molar-refractivity contribution in [2.24, 2.45) is 0 Å². The number of carbonyl (C=O) groups is 1. The summed E-state index contributed by atoms with van der Waals surface area (Å²) in [6.07, 6.45) is 8.61. The van der Waals surface area contributed by atoms with Crippen molar-refractivity contribution in [3.63, 3.8) is 0 Å². The standard InChI is InChI=1S/C25H32N2O4/c1-18(2)17-29-21-6-4-19(5-7-21)14-22-23(28)26(3)20-15-24(27(22)16-20)8-10-25(11-9-24)30-12-13-31-25/h4-7,14,17,20H,8-13,15-16H2,1-3H3/b22-14-/t20-/m0/s1. The summed E-state index contributed by atoms with van der Waals surface area (Å²) < 4.78 is 17.6. The van der Waals surface area contributed by atoms with E-state index in [2.05, 4.69) is 4.90 Å². The number of ether oxygens (including phenoxy) is 3. The zero-order valence-corrected chi connectivity index (χ0v) is 18.7. The molecule has 0 aromatic heterocycles. The fraction of sp³-hybridized carbons (Fsp3) is 0.560. The van der Waals surface area contributed by atoms with Gasteiger partial charge in [-0.2, -0.15) is 0 Å². The first-order valence-corrected chi connectivity index (χ1v) is 11.3. The summed E-state index contributed by atoms with van der Waals surface area (Å²) in [5, 5.41) is 0. The number of piperazine rings is 1. The molecule has 6 nitrogen and oxygen atoms in total. The van der Waals surface area contributed by atoms with Crippen LogP contribution in [-0.4, -0.2) is 59.9 Å². The number of carbonyl (C=O) groups excluding carboxylic acids is 1. The van der Waals surface area contributed by atoms with Gasteiger partial charge in [-0.1, -0.05) is 12.1 Å². The summed E-state index contributed by atoms with van der Waals surface area (Å²) in [5.41, 5.74) is 2.94. The second-order valence-electron chi connectivity index (χ2n) is 9.63. The predicted octanol–water partition coefficient (Wildman–Crippen LogP) is 3.93. The quantitative estimate of drug-likeness (QED) is 0.544. The minimum atomic E-state index is -0.385. The van der Waals surface area contributed by atoms with Crippen molar-refractivity contribution in [2.75, 3.05) is 26.8 Å². The van der Waals surface area contributed by atoms with Crippen LogP contribution in [0.2, 0.25) is 0 Å². The fourth-order valence-corrected chi connectivity index (χ4v) is 5.57. The van der Waals surface area contributed by atoms with E-state index in [4.69, 9.17) is 14.2 Å². The molecule has 2 spiro atoms. The zero-order chi connectivity index (χ0) is 21.6. The van der Waals surface area contributed by atoms with E-state index in [1.54, 1.807) is 6.26 Å². The van der Waals surface area contributed by atoms with E-state index < -0.39 is 0 Å². The molecule has 5 rings (SSSR count). The first-order valence-electron chi connectivity index (χ1n) is 11.3. The highest BCUT2D eigenvalue weighted by Gasteiger charge is 2.57. The largest absolute Gasteiger partial charge is 0.465 e. The van der Waals surface area contributed by atoms with Crippen molar-refractivity contribution in [3.05, 3.63) is 47.4 Å². The summed E-state index contributed by atoms with van der Waals surface area (Å²) in [5.74, 6) is 0.526. The van der Waals surface area contributed by atoms with Crippen LogP contribution < -0.4 is 4.74 Å². The topological polar surface area (TPSA) is 51.2 Å². The molecule has 6 heteroatoms. The Kier molecular flexibility index (Phi) is 5.10. The molecule has 4 fully saturated rings. The molecule has 1 atom stereocenters. The number of rotatable bonds is 3. The summed E-state index contributed by atoms with van der Waals surface area (Å²) >= 11 is 0. The van der Waals surface area contributed by atoms with Crippen LogP contribution in [0.5, 0.6) is 5.75 Å². The smallest absolute Gasteiger partial charge is 0.270 e. The molecule has 0 unspecified atom stereocenters. The van der Waals surface area contributed by atoms with Gasteiger partial charge in [0.25, 0.3) is 5.91 Å². The average Bonchev–Trinajstić information content (AvgIpc) is 3.36. The summed E-state index contributed by atoms with van der Waals surface area (Å²) in [4.78, 5) is 17.6. The van der Waals surface area contributed by atoms with Crippen molar-refractivity contribution < 1.29 is 19.0 Å². The normalized spacial score (nSPS) is 27.4. The highest BCUT2D eigenvalue weighted by Crippen LogP contribution is 2.51. The summed E-state index contributed by atoms with van der Waals surface area (Å²) in [6.45, 7) is 6.30. The van der Waals surface area contributed by atoms with E-state index in [1.165, 1.54) is 0 Å². The van der Waals surface area contributed by atoms with Crippen molar-refractivity contribution in [1.29, 1.82) is 0 Å². The number of nitrogens with zero attached hydrogens (tertiary/aromatic N) is 2. The van der Waals surface area contributed by atoms with E-state index in [9.17, 15) is 4.79 Å². The monoisotopic (exact) mass is 424 g/mol. The van der Waals surface area contributed by atoms with Gasteiger partial charge in [0.2, 0.25) is 0 Å². The van der Waals surface area contributed by atoms with E-state index in [-0.39, 0.29) is 23.3 Å². The van der Waals surface area contributed by atoms with Gasteiger partial charge in [0.05, 0.1) is 25.5 Å². The lowest BCUT2D eigenvalue weighted by atomic mass is 9.76. The third-order valence-corrected chi connectivity index (χ3v) is 7.33. The molecule has 1 aromatic rings. The Hall–Kier alpha value is -2.31. The number of allylic oxidation sites excluding steroid dienone is 1. The van der Waals surface area contributed by atoms with E-state index in [1.807, 2.05) is 56.1 Å². The Labute approximate surface area is 184 Å². The molecule has 2 bridgehead atoms. The molecule has 1 amide bonds. The van der Waals surface area contributed by atoms with Gasteiger partial charge in [-0.05, 0) is 62.5 Å². The number of hydrogen-bond donors (Lipinski definition) is 0. The maximum atomic E-state index is 13.2. The van der Waals surface area contributed by atoms with Gasteiger partial charge >= 0.3 is 0 Å². The highest BCUT2D eigenvalue weighted by molar-refractivity contribution is 5.98. The fourth-order valence-electron chi connectivity index (χ4n) is 5.57. The molecule has 1 aliphatic carbocycles. The lowest BCUT2D eigenvalue weighted by molar-refractivity contribution is -0.190. The molecule has 4 aliphatic rings. The molecule has 3 saturated heterocycles. The Morgan fingerprint density at radius 2 is 1.77 bits per heavy atom. The predicted molar refractivity (Wildman–Crippen MR) is 118 cm³/mol. The SMILES string of the molecule is CC(C)=COc1ccc(/C=C2/C(=O)N(C)[C@@H]3CN2C2(CCC4(CC2)OCCO4)C3)cc1. The zero-order valence-electron chi connectivity index (χ0n) is 18.7. The molecule has 1 aromatic carbocycles. The van der Waals surface area contributed by atoms with Crippen LogP contribution >= 0.6 is 0 Å². The molecular weight excluding hydrogens is 392 g/mol. The Morgan fingerprint density at radius 1 is 1.10 bits per heavy atom. The van der Waals surface area contributed by atoms with Crippen LogP contribution in [0.15, 0.2) is 41.8 Å². The maximum Gasteiger partial charge on any atom is 0.270 e. The lowest BCUT2D eigenvalue weighted by Crippen LogP contribution is -2.53. The van der Waals surface area contributed by atoms with E-state index in [0.29, 0.717) is 13.2 Å². The third kappa shape index (κ3) is 3.66. The number of likely N-dealkylation sites (N-methyl/N-ethyl adjacent to an activating group) is 1. The third-order valence-electron chi connectivity index (χ3n) is 7.33. The van der Waals surface area contributed by atoms with Gasteiger partial charge in [-0.25, -0.2) is 0 Å². The van der Waals surface area contributed by atoms with Crippen molar-refractivity contribution in [1.82, 2.24) is 9.80 Å². The first-order chi connectivity index (χ1) is 14.9. The van der Waals surface area contributed by atoms with E-state index >= 15 is 0 Å². The first kappa shape index (κ1) is 20.6. The molecule has 1 saturated carbocycles. The van der Waals surface area contributed by atoms with Crippen LogP contribution in [0.1, 0.15) is 51.5 Å². The van der Waals surface area contributed by atoms with Crippen LogP contribution in [0.25, 0.3) is 6.08 Å². The van der Waals surface area contributed by atoms with Gasteiger partial charge < -0.3 is 24.0 Å². The van der Waals surface area contributed by atoms with Crippen LogP contribution in [-0.2, 0) is 14.3 Å². The molecule has 31 heavy (non-hydrogen) atoms. The van der Waals surface area contributed by atoms with Crippen molar-refractivity contribution >= 4 is 12.0 Å². The van der Waals surface area contributed by atoms with Crippen molar-refractivity contribution in [3.8, 4) is 5.75 Å². The number of hydrogen-bond acceptors (Lipinski definition) is 5. The summed E-state index contributed by atoms with van der Waals surface area (Å²) in [6, 6.07) is 8.21. The Balaban J connectivity index is 1.40. The number of amides is 1. The average molecular weight is 425 g/mol. The number of fused-ring (bicyclic) bond motifs is 3. The molecule has 166 valence electrons. The molecular formula is C25H32N2O4. The van der Waals surface area contributed by atoms with Gasteiger partial charge in [0, 0.05) is 32.0 Å². The minimum absolute atomic E-state index is 0.0178. The van der Waals surface area contributed by atoms with Gasteiger partial charge in [0.1, 0.15) is 11.4 Å². The second kappa shape index (κ2) is 7.68. The van der Waals surface area contributed by atoms with Crippen molar-refractivity contribution in [2.45, 2.75) is 63.3 Å².